The van der Waals surface area contributed by atoms with Gasteiger partial charge in [0.2, 0.25) is 18.6 Å². The zero-order valence-corrected chi connectivity index (χ0v) is 13.6. The predicted octanol–water partition coefficient (Wildman–Crippen LogP) is 1.75. The predicted molar refractivity (Wildman–Crippen MR) is 85.9 cm³/mol. The van der Waals surface area contributed by atoms with Gasteiger partial charge in [-0.1, -0.05) is 11.2 Å². The van der Waals surface area contributed by atoms with E-state index in [1.807, 2.05) is 12.1 Å². The average Bonchev–Trinajstić information content (AvgIpc) is 3.12. The number of ether oxygens (including phenoxy) is 2. The van der Waals surface area contributed by atoms with Crippen LogP contribution < -0.4 is 20.1 Å². The highest BCUT2D eigenvalue weighted by atomic mass is 16.7. The number of carbonyl (C=O) groups is 2. The van der Waals surface area contributed by atoms with Crippen molar-refractivity contribution in [3.63, 3.8) is 0 Å². The summed E-state index contributed by atoms with van der Waals surface area (Å²) in [6.45, 7) is 2.25. The van der Waals surface area contributed by atoms with E-state index in [9.17, 15) is 9.59 Å². The van der Waals surface area contributed by atoms with Crippen LogP contribution in [0.4, 0.5) is 5.82 Å². The molecule has 1 fully saturated rings. The second-order valence-corrected chi connectivity index (χ2v) is 6.23. The third kappa shape index (κ3) is 2.90. The molecule has 2 aromatic rings. The molecule has 8 nitrogen and oxygen atoms in total. The number of carbonyl (C=O) groups excluding carboxylic acids is 2. The Kier molecular flexibility index (Phi) is 3.60. The van der Waals surface area contributed by atoms with Crippen molar-refractivity contribution in [2.45, 2.75) is 26.3 Å². The van der Waals surface area contributed by atoms with Crippen LogP contribution in [-0.2, 0) is 16.1 Å². The highest BCUT2D eigenvalue weighted by Crippen LogP contribution is 2.47. The maximum absolute atomic E-state index is 12.5. The summed E-state index contributed by atoms with van der Waals surface area (Å²) in [5.74, 6) is 1.61. The molecule has 0 spiro atoms. The van der Waals surface area contributed by atoms with Crippen molar-refractivity contribution in [2.24, 2.45) is 5.41 Å². The van der Waals surface area contributed by atoms with Gasteiger partial charge in [0.1, 0.15) is 11.2 Å². The van der Waals surface area contributed by atoms with Gasteiger partial charge in [0.15, 0.2) is 17.3 Å². The molecule has 1 saturated carbocycles. The van der Waals surface area contributed by atoms with E-state index in [1.54, 1.807) is 19.1 Å². The first kappa shape index (κ1) is 15.5. The SMILES string of the molecule is Cc1cc(NC(=O)C2(C(=O)NCc3ccc4c(c3)OCO4)CC2)no1. The van der Waals surface area contributed by atoms with E-state index in [0.29, 0.717) is 42.5 Å². The Bertz CT molecular complexity index is 841. The van der Waals surface area contributed by atoms with E-state index in [1.165, 1.54) is 0 Å². The molecule has 0 bridgehead atoms. The second kappa shape index (κ2) is 5.80. The van der Waals surface area contributed by atoms with Crippen LogP contribution in [0.1, 0.15) is 24.2 Å². The Morgan fingerprint density at radius 3 is 2.68 bits per heavy atom. The van der Waals surface area contributed by atoms with Gasteiger partial charge in [-0.25, -0.2) is 0 Å². The number of aryl methyl sites for hydroxylation is 1. The molecule has 2 heterocycles. The minimum Gasteiger partial charge on any atom is -0.454 e. The van der Waals surface area contributed by atoms with Gasteiger partial charge in [0.05, 0.1) is 0 Å². The van der Waals surface area contributed by atoms with Crippen LogP contribution in [0.3, 0.4) is 0 Å². The molecular weight excluding hydrogens is 326 g/mol. The number of aromatic nitrogens is 1. The summed E-state index contributed by atoms with van der Waals surface area (Å²) in [4.78, 5) is 24.9. The number of hydrogen-bond donors (Lipinski definition) is 2. The summed E-state index contributed by atoms with van der Waals surface area (Å²) in [5.41, 5.74) is -0.149. The number of nitrogens with zero attached hydrogens (tertiary/aromatic N) is 1. The number of hydrogen-bond acceptors (Lipinski definition) is 6. The summed E-state index contributed by atoms with van der Waals surface area (Å²) < 4.78 is 15.5. The first-order chi connectivity index (χ1) is 12.1. The van der Waals surface area contributed by atoms with E-state index < -0.39 is 5.41 Å². The van der Waals surface area contributed by atoms with Gasteiger partial charge in [-0.05, 0) is 37.5 Å². The van der Waals surface area contributed by atoms with E-state index in [4.69, 9.17) is 14.0 Å². The lowest BCUT2D eigenvalue weighted by Gasteiger charge is -2.14. The van der Waals surface area contributed by atoms with E-state index in [0.717, 1.165) is 5.56 Å². The molecule has 0 unspecified atom stereocenters. The Labute approximate surface area is 143 Å². The largest absolute Gasteiger partial charge is 0.454 e. The van der Waals surface area contributed by atoms with Crippen molar-refractivity contribution < 1.29 is 23.6 Å². The van der Waals surface area contributed by atoms with Crippen LogP contribution in [0.5, 0.6) is 11.5 Å². The number of nitrogens with one attached hydrogen (secondary N) is 2. The van der Waals surface area contributed by atoms with Crippen LogP contribution in [0.2, 0.25) is 0 Å². The molecule has 2 aliphatic rings. The highest BCUT2D eigenvalue weighted by molar-refractivity contribution is 6.12. The van der Waals surface area contributed by atoms with Crippen LogP contribution in [0.25, 0.3) is 0 Å². The molecule has 1 aliphatic carbocycles. The molecule has 8 heteroatoms. The third-order valence-corrected chi connectivity index (χ3v) is 4.38. The zero-order chi connectivity index (χ0) is 17.4. The van der Waals surface area contributed by atoms with Crippen molar-refractivity contribution in [3.05, 3.63) is 35.6 Å². The number of amides is 2. The molecule has 4 rings (SSSR count). The zero-order valence-electron chi connectivity index (χ0n) is 13.6. The van der Waals surface area contributed by atoms with Crippen LogP contribution in [0, 0.1) is 12.3 Å². The van der Waals surface area contributed by atoms with Crippen LogP contribution in [0.15, 0.2) is 28.8 Å². The maximum Gasteiger partial charge on any atom is 0.241 e. The normalized spacial score (nSPS) is 16.4. The van der Waals surface area contributed by atoms with E-state index >= 15 is 0 Å². The first-order valence-electron chi connectivity index (χ1n) is 7.98. The summed E-state index contributed by atoms with van der Waals surface area (Å²) in [6, 6.07) is 7.08. The smallest absolute Gasteiger partial charge is 0.241 e. The van der Waals surface area contributed by atoms with Gasteiger partial charge in [0, 0.05) is 12.6 Å². The van der Waals surface area contributed by atoms with Crippen LogP contribution in [-0.4, -0.2) is 23.8 Å². The lowest BCUT2D eigenvalue weighted by atomic mass is 10.0. The van der Waals surface area contributed by atoms with Crippen molar-refractivity contribution in [3.8, 4) is 11.5 Å². The number of anilines is 1. The lowest BCUT2D eigenvalue weighted by molar-refractivity contribution is -0.134. The Balaban J connectivity index is 1.38. The minimum atomic E-state index is -1.02. The molecule has 2 amide bonds. The standard InChI is InChI=1S/C17H17N3O5/c1-10-6-14(20-25-10)19-16(22)17(4-5-17)15(21)18-8-11-2-3-12-13(7-11)24-9-23-12/h2-3,6-7H,4-5,8-9H2,1H3,(H,18,21)(H,19,20,22). The van der Waals surface area contributed by atoms with Gasteiger partial charge >= 0.3 is 0 Å². The Morgan fingerprint density at radius 2 is 1.96 bits per heavy atom. The number of benzene rings is 1. The fourth-order valence-electron chi connectivity index (χ4n) is 2.75. The van der Waals surface area contributed by atoms with Crippen molar-refractivity contribution >= 4 is 17.6 Å². The van der Waals surface area contributed by atoms with Gasteiger partial charge in [-0.15, -0.1) is 0 Å². The van der Waals surface area contributed by atoms with Crippen LogP contribution >= 0.6 is 0 Å². The molecule has 1 aromatic heterocycles. The van der Waals surface area contributed by atoms with Crippen molar-refractivity contribution in [1.82, 2.24) is 10.5 Å². The summed E-state index contributed by atoms with van der Waals surface area (Å²) in [5, 5.41) is 9.18. The molecule has 2 N–H and O–H groups in total. The molecule has 0 atom stereocenters. The number of fused-ring (bicyclic) bond motifs is 1. The quantitative estimate of drug-likeness (QED) is 0.802. The summed E-state index contributed by atoms with van der Waals surface area (Å²) >= 11 is 0. The lowest BCUT2D eigenvalue weighted by Crippen LogP contribution is -2.39. The third-order valence-electron chi connectivity index (χ3n) is 4.38. The van der Waals surface area contributed by atoms with E-state index in [-0.39, 0.29) is 18.6 Å². The molecule has 130 valence electrons. The number of rotatable bonds is 5. The second-order valence-electron chi connectivity index (χ2n) is 6.23. The topological polar surface area (TPSA) is 103 Å². The summed E-state index contributed by atoms with van der Waals surface area (Å²) in [7, 11) is 0. The maximum atomic E-state index is 12.5. The van der Waals surface area contributed by atoms with Gasteiger partial charge in [0.25, 0.3) is 0 Å². The molecule has 1 aromatic carbocycles. The molecule has 1 aliphatic heterocycles. The highest BCUT2D eigenvalue weighted by Gasteiger charge is 2.56. The molecule has 25 heavy (non-hydrogen) atoms. The monoisotopic (exact) mass is 343 g/mol. The first-order valence-corrected chi connectivity index (χ1v) is 7.98. The molecule has 0 saturated heterocycles. The fourth-order valence-corrected chi connectivity index (χ4v) is 2.75. The Hall–Kier alpha value is -3.03. The molecular formula is C17H17N3O5. The Morgan fingerprint density at radius 1 is 1.16 bits per heavy atom. The van der Waals surface area contributed by atoms with Crippen molar-refractivity contribution in [1.29, 1.82) is 0 Å². The average molecular weight is 343 g/mol. The van der Waals surface area contributed by atoms with Gasteiger partial charge < -0.3 is 24.6 Å². The fraction of sp³-hybridized carbons (Fsp3) is 0.353. The summed E-state index contributed by atoms with van der Waals surface area (Å²) in [6.07, 6.45) is 1.03. The van der Waals surface area contributed by atoms with Gasteiger partial charge in [-0.3, -0.25) is 9.59 Å². The van der Waals surface area contributed by atoms with E-state index in [2.05, 4.69) is 15.8 Å². The minimum absolute atomic E-state index is 0.204. The van der Waals surface area contributed by atoms with Crippen molar-refractivity contribution in [2.75, 3.05) is 12.1 Å². The molecule has 0 radical (unpaired) electrons. The van der Waals surface area contributed by atoms with Gasteiger partial charge in [-0.2, -0.15) is 0 Å².